The van der Waals surface area contributed by atoms with Crippen molar-refractivity contribution in [3.63, 3.8) is 0 Å². The molecule has 0 aliphatic carbocycles. The van der Waals surface area contributed by atoms with Crippen LogP contribution in [-0.4, -0.2) is 51.8 Å². The summed E-state index contributed by atoms with van der Waals surface area (Å²) in [7, 11) is 0. The molecule has 58 heavy (non-hydrogen) atoms. The molecule has 0 radical (unpaired) electrons. The number of ether oxygens (including phenoxy) is 2. The molecule has 4 aliphatic rings. The van der Waals surface area contributed by atoms with Crippen molar-refractivity contribution in [2.45, 2.75) is 26.7 Å². The Bertz CT molecular complexity index is 2990. The number of hydrogen-bond donors (Lipinski definition) is 4. The summed E-state index contributed by atoms with van der Waals surface area (Å²) in [6.45, 7) is 3.51. The number of H-pyrrole nitrogens is 4. The van der Waals surface area contributed by atoms with E-state index in [1.54, 1.807) is 13.8 Å². The third-order valence-electron chi connectivity index (χ3n) is 9.96. The highest BCUT2D eigenvalue weighted by Gasteiger charge is 2.22. The van der Waals surface area contributed by atoms with Gasteiger partial charge in [-0.15, -0.1) is 0 Å². The lowest BCUT2D eigenvalue weighted by atomic mass is 10.0. The summed E-state index contributed by atoms with van der Waals surface area (Å²) in [4.78, 5) is 59.7. The molecule has 0 aromatic carbocycles. The van der Waals surface area contributed by atoms with Crippen LogP contribution in [0.3, 0.4) is 0 Å². The molecule has 6 aromatic heterocycles. The van der Waals surface area contributed by atoms with Crippen LogP contribution in [-0.2, 0) is 9.59 Å². The number of carbonyl (C=O) groups is 2. The average Bonchev–Trinajstić information content (AvgIpc) is 4.07. The number of fused-ring (bicyclic) bond motifs is 16. The zero-order valence-electron chi connectivity index (χ0n) is 31.4. The molecule has 10 heterocycles. The number of nitrogens with zero attached hydrogens (tertiary/aromatic N) is 4. The standard InChI is InChI=1S/C46H34N8O4/c1-3-41(55)57-45-37-15-11-31(51-37)23-27-7-5-25(47-27)21-29-9-13-33(49-29)43(35-17-19-39(45)53-35)44-34-14-10-30(50-34)22-26-6-8-28(48-26)24-32-12-16-38(52-32)46(58-42(56)4-2)40-20-18-36(44)54-40/h5-24,49-52H,3-4H2,1-2H3. The van der Waals surface area contributed by atoms with Crippen LogP contribution in [0, 0.1) is 0 Å². The van der Waals surface area contributed by atoms with E-state index >= 15 is 0 Å². The Balaban J connectivity index is 1.35. The molecule has 4 N–H and O–H groups in total. The highest BCUT2D eigenvalue weighted by Crippen LogP contribution is 2.39. The number of rotatable bonds is 5. The van der Waals surface area contributed by atoms with E-state index < -0.39 is 11.9 Å². The number of carbonyl (C=O) groups excluding carboxylic acids is 2. The molecule has 0 unspecified atom stereocenters. The molecule has 0 atom stereocenters. The second-order valence-corrected chi connectivity index (χ2v) is 14.0. The fourth-order valence-electron chi connectivity index (χ4n) is 7.21. The van der Waals surface area contributed by atoms with Gasteiger partial charge in [-0.25, -0.2) is 19.9 Å². The van der Waals surface area contributed by atoms with Crippen molar-refractivity contribution in [1.82, 2.24) is 39.9 Å². The van der Waals surface area contributed by atoms with Gasteiger partial charge in [-0.3, -0.25) is 9.59 Å². The van der Waals surface area contributed by atoms with Gasteiger partial charge in [0.05, 0.1) is 45.2 Å². The van der Waals surface area contributed by atoms with Crippen molar-refractivity contribution < 1.29 is 19.1 Å². The van der Waals surface area contributed by atoms with Gasteiger partial charge in [0, 0.05) is 57.1 Å². The minimum atomic E-state index is -0.393. The molecule has 0 fully saturated rings. The number of esters is 2. The highest BCUT2D eigenvalue weighted by molar-refractivity contribution is 6.01. The van der Waals surface area contributed by atoms with E-state index in [0.717, 1.165) is 55.9 Å². The minimum Gasteiger partial charge on any atom is -0.422 e. The quantitative estimate of drug-likeness (QED) is 0.126. The van der Waals surface area contributed by atoms with Crippen LogP contribution < -0.4 is 9.47 Å². The fraction of sp³-hybridized carbons (Fsp3) is 0.0870. The first-order chi connectivity index (χ1) is 28.3. The molecule has 6 aromatic rings. The highest BCUT2D eigenvalue weighted by atomic mass is 16.5. The van der Waals surface area contributed by atoms with E-state index in [1.807, 2.05) is 121 Å². The molecular formula is C46H34N8O4. The third-order valence-corrected chi connectivity index (χ3v) is 9.96. The van der Waals surface area contributed by atoms with Gasteiger partial charge >= 0.3 is 11.9 Å². The average molecular weight is 763 g/mol. The number of aromatic amines is 4. The monoisotopic (exact) mass is 762 g/mol. The molecule has 12 nitrogen and oxygen atoms in total. The Morgan fingerprint density at radius 3 is 1.12 bits per heavy atom. The Morgan fingerprint density at radius 2 is 0.759 bits per heavy atom. The van der Waals surface area contributed by atoms with Gasteiger partial charge < -0.3 is 29.4 Å². The lowest BCUT2D eigenvalue weighted by Gasteiger charge is -2.07. The number of hydrogen-bond acceptors (Lipinski definition) is 8. The SMILES string of the molecule is CCC(=O)Oc1c2nc(c(-c3c4nc(c(OC(=O)CC)c5ccc(cc6nc(cc7ccc3[nH]7)C=C6)[nH]5)C=C4)c3ccc(cc4nc(cc5ccc1[nH]5)C=C4)[nH]3)C=C2. The third kappa shape index (κ3) is 6.52. The summed E-state index contributed by atoms with van der Waals surface area (Å²) >= 11 is 0. The van der Waals surface area contributed by atoms with E-state index in [1.165, 1.54) is 0 Å². The molecule has 12 heteroatoms. The molecule has 0 saturated carbocycles. The maximum Gasteiger partial charge on any atom is 0.311 e. The van der Waals surface area contributed by atoms with E-state index in [2.05, 4.69) is 19.9 Å². The molecule has 282 valence electrons. The second-order valence-electron chi connectivity index (χ2n) is 14.0. The number of aromatic nitrogens is 8. The van der Waals surface area contributed by atoms with Gasteiger partial charge in [0.2, 0.25) is 0 Å². The zero-order chi connectivity index (χ0) is 39.3. The predicted molar refractivity (Wildman–Crippen MR) is 229 cm³/mol. The first-order valence-electron chi connectivity index (χ1n) is 19.0. The lowest BCUT2D eigenvalue weighted by Crippen LogP contribution is -2.07. The van der Waals surface area contributed by atoms with Gasteiger partial charge in [0.1, 0.15) is 11.4 Å². The van der Waals surface area contributed by atoms with Crippen LogP contribution in [0.1, 0.15) is 72.2 Å². The molecule has 10 rings (SSSR count). The summed E-state index contributed by atoms with van der Waals surface area (Å²) in [6, 6.07) is 23.4. The van der Waals surface area contributed by atoms with Crippen LogP contribution in [0.4, 0.5) is 0 Å². The molecule has 0 spiro atoms. The fourth-order valence-corrected chi connectivity index (χ4v) is 7.21. The lowest BCUT2D eigenvalue weighted by molar-refractivity contribution is -0.134. The van der Waals surface area contributed by atoms with Gasteiger partial charge in [-0.2, -0.15) is 0 Å². The van der Waals surface area contributed by atoms with Crippen molar-refractivity contribution in [2.75, 3.05) is 0 Å². The first-order valence-corrected chi connectivity index (χ1v) is 19.0. The summed E-state index contributed by atoms with van der Waals surface area (Å²) in [5, 5.41) is 0. The first kappa shape index (κ1) is 34.6. The van der Waals surface area contributed by atoms with Crippen molar-refractivity contribution in [3.05, 3.63) is 118 Å². The Morgan fingerprint density at radius 1 is 0.431 bits per heavy atom. The summed E-state index contributed by atoms with van der Waals surface area (Å²) in [5.41, 5.74) is 12.6. The van der Waals surface area contributed by atoms with Crippen LogP contribution in [0.25, 0.3) is 104 Å². The second kappa shape index (κ2) is 14.0. The summed E-state index contributed by atoms with van der Waals surface area (Å²) < 4.78 is 12.0. The van der Waals surface area contributed by atoms with Crippen molar-refractivity contribution >= 4 is 105 Å². The van der Waals surface area contributed by atoms with E-state index in [-0.39, 0.29) is 12.8 Å². The Hall–Kier alpha value is -7.86. The Kier molecular flexibility index (Phi) is 8.37. The van der Waals surface area contributed by atoms with Crippen LogP contribution in [0.2, 0.25) is 0 Å². The topological polar surface area (TPSA) is 167 Å². The largest absolute Gasteiger partial charge is 0.422 e. The van der Waals surface area contributed by atoms with E-state index in [0.29, 0.717) is 56.4 Å². The maximum atomic E-state index is 12.9. The van der Waals surface area contributed by atoms with E-state index in [9.17, 15) is 9.59 Å². The normalized spacial score (nSPS) is 12.7. The van der Waals surface area contributed by atoms with Crippen LogP contribution in [0.15, 0.2) is 72.8 Å². The van der Waals surface area contributed by atoms with Gasteiger partial charge in [-0.05, 0) is 121 Å². The predicted octanol–water partition coefficient (Wildman–Crippen LogP) is 9.92. The van der Waals surface area contributed by atoms with Crippen molar-refractivity contribution in [1.29, 1.82) is 0 Å². The van der Waals surface area contributed by atoms with Crippen molar-refractivity contribution in [3.8, 4) is 22.6 Å². The Labute approximate surface area is 330 Å². The molecule has 0 saturated heterocycles. The van der Waals surface area contributed by atoms with Crippen molar-refractivity contribution in [2.24, 2.45) is 0 Å². The molecule has 16 bridgehead atoms. The smallest absolute Gasteiger partial charge is 0.311 e. The van der Waals surface area contributed by atoms with Crippen LogP contribution in [0.5, 0.6) is 11.5 Å². The van der Waals surface area contributed by atoms with Gasteiger partial charge in [-0.1, -0.05) is 13.8 Å². The maximum absolute atomic E-state index is 12.9. The minimum absolute atomic E-state index is 0.182. The van der Waals surface area contributed by atoms with Gasteiger partial charge in [0.15, 0.2) is 11.5 Å². The van der Waals surface area contributed by atoms with Crippen LogP contribution >= 0.6 is 0 Å². The molecule has 0 amide bonds. The number of nitrogens with one attached hydrogen (secondary N) is 4. The zero-order valence-corrected chi connectivity index (χ0v) is 31.4. The van der Waals surface area contributed by atoms with E-state index in [4.69, 9.17) is 29.4 Å². The van der Waals surface area contributed by atoms with Gasteiger partial charge in [0.25, 0.3) is 0 Å². The summed E-state index contributed by atoms with van der Waals surface area (Å²) in [5.74, 6) is -0.184. The summed E-state index contributed by atoms with van der Waals surface area (Å²) in [6.07, 6.45) is 15.7. The molecular weight excluding hydrogens is 729 g/mol. The molecule has 4 aliphatic heterocycles.